The highest BCUT2D eigenvalue weighted by molar-refractivity contribution is 5.52. The Balaban J connectivity index is 1.83. The lowest BCUT2D eigenvalue weighted by Crippen LogP contribution is -2.17. The number of rotatable bonds is 11. The van der Waals surface area contributed by atoms with Gasteiger partial charge in [0.25, 0.3) is 0 Å². The van der Waals surface area contributed by atoms with Gasteiger partial charge in [-0.15, -0.1) is 0 Å². The van der Waals surface area contributed by atoms with E-state index in [1.807, 2.05) is 0 Å². The number of aldehydes is 1. The van der Waals surface area contributed by atoms with Gasteiger partial charge in [0.05, 0.1) is 0 Å². The van der Waals surface area contributed by atoms with Crippen LogP contribution in [0.4, 0.5) is 0 Å². The third kappa shape index (κ3) is 5.61. The Hall–Kier alpha value is -0.410. The maximum Gasteiger partial charge on any atom is 0.123 e. The Bertz CT molecular complexity index is 190. The lowest BCUT2D eigenvalue weighted by atomic mass is 10.0. The summed E-state index contributed by atoms with van der Waals surface area (Å²) < 4.78 is 0. The minimum atomic E-state index is -0.0238. The lowest BCUT2D eigenvalue weighted by molar-refractivity contribution is -0.108. The summed E-state index contributed by atoms with van der Waals surface area (Å²) in [5.74, 6) is 0. The molecule has 1 rings (SSSR count). The van der Waals surface area contributed by atoms with Crippen LogP contribution in [0.3, 0.4) is 0 Å². The molecule has 0 bridgehead atoms. The first-order valence-electron chi connectivity index (χ1n) is 6.81. The molecule has 1 heterocycles. The predicted molar refractivity (Wildman–Crippen MR) is 66.9 cm³/mol. The predicted octanol–water partition coefficient (Wildman–Crippen LogP) is 2.91. The Labute approximate surface area is 99.3 Å². The molecule has 3 nitrogen and oxygen atoms in total. The van der Waals surface area contributed by atoms with Crippen molar-refractivity contribution in [3.8, 4) is 0 Å². The number of carbonyl (C=O) groups excluding carboxylic acids is 1. The van der Waals surface area contributed by atoms with E-state index in [1.54, 1.807) is 0 Å². The fraction of sp³-hybridized carbons (Fsp3) is 0.923. The summed E-state index contributed by atoms with van der Waals surface area (Å²) in [6.07, 6.45) is 13.4. The van der Waals surface area contributed by atoms with Crippen LogP contribution in [0.5, 0.6) is 0 Å². The van der Waals surface area contributed by atoms with Crippen LogP contribution in [0.2, 0.25) is 0 Å². The first-order valence-corrected chi connectivity index (χ1v) is 6.81. The molecule has 0 aliphatic carbocycles. The zero-order valence-electron chi connectivity index (χ0n) is 10.6. The van der Waals surface area contributed by atoms with E-state index in [1.165, 1.54) is 51.4 Å². The van der Waals surface area contributed by atoms with Crippen molar-refractivity contribution in [2.45, 2.75) is 76.8 Å². The van der Waals surface area contributed by atoms with E-state index in [9.17, 15) is 4.79 Å². The van der Waals surface area contributed by atoms with Crippen LogP contribution in [0.1, 0.15) is 71.1 Å². The fourth-order valence-electron chi connectivity index (χ4n) is 2.12. The van der Waals surface area contributed by atoms with Crippen LogP contribution >= 0.6 is 0 Å². The molecule has 0 spiro atoms. The van der Waals surface area contributed by atoms with Crippen LogP contribution in [0.25, 0.3) is 0 Å². The average molecular weight is 226 g/mol. The zero-order valence-corrected chi connectivity index (χ0v) is 10.6. The standard InChI is InChI=1S/C13H26N2O/c1-2-3-4-5-6-7-8-9-10-13(11-12-16)14-15-13/h12,14-15H,2-11H2,1H3. The Morgan fingerprint density at radius 1 is 0.938 bits per heavy atom. The van der Waals surface area contributed by atoms with Gasteiger partial charge in [0.1, 0.15) is 11.9 Å². The van der Waals surface area contributed by atoms with Gasteiger partial charge in [0, 0.05) is 6.42 Å². The van der Waals surface area contributed by atoms with Gasteiger partial charge in [-0.05, 0) is 6.42 Å². The maximum absolute atomic E-state index is 10.4. The molecule has 0 atom stereocenters. The topological polar surface area (TPSA) is 61.0 Å². The van der Waals surface area contributed by atoms with Gasteiger partial charge in [-0.1, -0.05) is 58.3 Å². The van der Waals surface area contributed by atoms with Crippen molar-refractivity contribution in [2.75, 3.05) is 0 Å². The van der Waals surface area contributed by atoms with E-state index in [2.05, 4.69) is 17.8 Å². The third-order valence-electron chi connectivity index (χ3n) is 3.37. The van der Waals surface area contributed by atoms with Crippen molar-refractivity contribution in [2.24, 2.45) is 0 Å². The number of unbranched alkanes of at least 4 members (excludes halogenated alkanes) is 7. The third-order valence-corrected chi connectivity index (χ3v) is 3.37. The smallest absolute Gasteiger partial charge is 0.123 e. The Morgan fingerprint density at radius 3 is 2.00 bits per heavy atom. The SMILES string of the molecule is CCCCCCCCCCC1(CC=O)NN1. The molecule has 94 valence electrons. The fourth-order valence-corrected chi connectivity index (χ4v) is 2.12. The van der Waals surface area contributed by atoms with Gasteiger partial charge >= 0.3 is 0 Å². The number of hydrogen-bond acceptors (Lipinski definition) is 3. The van der Waals surface area contributed by atoms with Crippen molar-refractivity contribution in [1.82, 2.24) is 10.9 Å². The molecule has 16 heavy (non-hydrogen) atoms. The number of hydrazine groups is 1. The van der Waals surface area contributed by atoms with Gasteiger partial charge in [-0.25, -0.2) is 10.9 Å². The molecule has 0 saturated carbocycles. The minimum Gasteiger partial charge on any atom is -0.303 e. The molecule has 0 radical (unpaired) electrons. The van der Waals surface area contributed by atoms with Crippen molar-refractivity contribution < 1.29 is 4.79 Å². The normalized spacial score (nSPS) is 17.3. The molecule has 0 amide bonds. The Kier molecular flexibility index (Phi) is 6.65. The van der Waals surface area contributed by atoms with Crippen molar-refractivity contribution in [3.05, 3.63) is 0 Å². The highest BCUT2D eigenvalue weighted by Gasteiger charge is 2.40. The molecule has 1 aliphatic rings. The molecule has 1 saturated heterocycles. The molecule has 1 aliphatic heterocycles. The molecule has 0 unspecified atom stereocenters. The van der Waals surface area contributed by atoms with Crippen molar-refractivity contribution >= 4 is 6.29 Å². The van der Waals surface area contributed by atoms with Gasteiger partial charge in [0.2, 0.25) is 0 Å². The first-order chi connectivity index (χ1) is 7.83. The highest BCUT2D eigenvalue weighted by Crippen LogP contribution is 2.22. The monoisotopic (exact) mass is 226 g/mol. The molecule has 2 N–H and O–H groups in total. The maximum atomic E-state index is 10.4. The summed E-state index contributed by atoms with van der Waals surface area (Å²) in [6.45, 7) is 2.25. The molecule has 0 aromatic carbocycles. The molecule has 3 heteroatoms. The van der Waals surface area contributed by atoms with Crippen LogP contribution in [-0.2, 0) is 4.79 Å². The van der Waals surface area contributed by atoms with E-state index in [4.69, 9.17) is 0 Å². The molecule has 0 aromatic rings. The zero-order chi connectivity index (χ0) is 11.7. The van der Waals surface area contributed by atoms with E-state index < -0.39 is 0 Å². The summed E-state index contributed by atoms with van der Waals surface area (Å²) in [7, 11) is 0. The summed E-state index contributed by atoms with van der Waals surface area (Å²) in [5, 5.41) is 0. The second-order valence-electron chi connectivity index (χ2n) is 4.93. The number of carbonyl (C=O) groups is 1. The summed E-state index contributed by atoms with van der Waals surface area (Å²) in [6, 6.07) is 0. The van der Waals surface area contributed by atoms with Gasteiger partial charge in [-0.2, -0.15) is 0 Å². The molecule has 1 fully saturated rings. The van der Waals surface area contributed by atoms with Crippen LogP contribution < -0.4 is 10.9 Å². The van der Waals surface area contributed by atoms with Crippen LogP contribution in [-0.4, -0.2) is 11.9 Å². The van der Waals surface area contributed by atoms with E-state index in [-0.39, 0.29) is 5.66 Å². The second-order valence-corrected chi connectivity index (χ2v) is 4.93. The molecule has 0 aromatic heterocycles. The summed E-state index contributed by atoms with van der Waals surface area (Å²) >= 11 is 0. The number of hydrogen-bond donors (Lipinski definition) is 2. The minimum absolute atomic E-state index is 0.0238. The quantitative estimate of drug-likeness (QED) is 0.323. The lowest BCUT2D eigenvalue weighted by Gasteiger charge is -2.07. The number of nitrogens with one attached hydrogen (secondary N) is 2. The highest BCUT2D eigenvalue weighted by atomic mass is 16.1. The van der Waals surface area contributed by atoms with Crippen molar-refractivity contribution in [3.63, 3.8) is 0 Å². The van der Waals surface area contributed by atoms with Gasteiger partial charge < -0.3 is 4.79 Å². The van der Waals surface area contributed by atoms with Crippen molar-refractivity contribution in [1.29, 1.82) is 0 Å². The van der Waals surface area contributed by atoms with Crippen LogP contribution in [0, 0.1) is 0 Å². The first kappa shape index (κ1) is 13.7. The molecular formula is C13H26N2O. The summed E-state index contributed by atoms with van der Waals surface area (Å²) in [4.78, 5) is 10.4. The van der Waals surface area contributed by atoms with E-state index in [0.29, 0.717) is 6.42 Å². The molecular weight excluding hydrogens is 200 g/mol. The van der Waals surface area contributed by atoms with Crippen LogP contribution in [0.15, 0.2) is 0 Å². The summed E-state index contributed by atoms with van der Waals surface area (Å²) in [5.41, 5.74) is 6.15. The van der Waals surface area contributed by atoms with Gasteiger partial charge in [0.15, 0.2) is 0 Å². The van der Waals surface area contributed by atoms with Gasteiger partial charge in [-0.3, -0.25) is 0 Å². The Morgan fingerprint density at radius 2 is 1.50 bits per heavy atom. The van der Waals surface area contributed by atoms with E-state index >= 15 is 0 Å². The van der Waals surface area contributed by atoms with E-state index in [0.717, 1.165) is 12.7 Å². The largest absolute Gasteiger partial charge is 0.303 e. The second kappa shape index (κ2) is 7.80. The average Bonchev–Trinajstić information content (AvgIpc) is 3.03.